The van der Waals surface area contributed by atoms with Gasteiger partial charge in [-0.2, -0.15) is 0 Å². The maximum Gasteiger partial charge on any atom is 0.339 e. The molecule has 4 aromatic rings. The Bertz CT molecular complexity index is 1070. The van der Waals surface area contributed by atoms with Crippen LogP contribution in [0.5, 0.6) is 0 Å². The molecule has 4 nitrogen and oxygen atoms in total. The first-order valence-electron chi connectivity index (χ1n) is 8.24. The van der Waals surface area contributed by atoms with Crippen LogP contribution >= 0.6 is 11.3 Å². The van der Waals surface area contributed by atoms with Crippen molar-refractivity contribution in [2.24, 2.45) is 0 Å². The molecule has 0 saturated carbocycles. The first-order valence-corrected chi connectivity index (χ1v) is 9.12. The molecule has 2 heterocycles. The first kappa shape index (κ1) is 16.4. The molecule has 0 aliphatic rings. The van der Waals surface area contributed by atoms with E-state index in [1.165, 1.54) is 0 Å². The van der Waals surface area contributed by atoms with E-state index >= 15 is 0 Å². The second kappa shape index (κ2) is 7.06. The number of benzene rings is 2. The third kappa shape index (κ3) is 3.34. The number of aromatic nitrogens is 2. The number of pyridine rings is 1. The summed E-state index contributed by atoms with van der Waals surface area (Å²) in [6.45, 7) is 2.02. The summed E-state index contributed by atoms with van der Waals surface area (Å²) >= 11 is 1.54. The fourth-order valence-electron chi connectivity index (χ4n) is 2.78. The molecule has 0 saturated heterocycles. The molecular formula is C21H16N2O2S. The van der Waals surface area contributed by atoms with Crippen molar-refractivity contribution in [3.8, 4) is 10.6 Å². The maximum atomic E-state index is 12.6. The van der Waals surface area contributed by atoms with Crippen LogP contribution in [0.25, 0.3) is 21.5 Å². The molecule has 0 amide bonds. The Morgan fingerprint density at radius 3 is 2.65 bits per heavy atom. The zero-order valence-electron chi connectivity index (χ0n) is 14.2. The molecule has 0 spiro atoms. The van der Waals surface area contributed by atoms with Gasteiger partial charge in [-0.1, -0.05) is 48.5 Å². The number of carbonyl (C=O) groups is 1. The lowest BCUT2D eigenvalue weighted by atomic mass is 10.1. The van der Waals surface area contributed by atoms with Crippen LogP contribution in [0.15, 0.2) is 66.0 Å². The average Bonchev–Trinajstić information content (AvgIpc) is 3.15. The van der Waals surface area contributed by atoms with Crippen LogP contribution in [0.4, 0.5) is 0 Å². The largest absolute Gasteiger partial charge is 0.456 e. The van der Waals surface area contributed by atoms with Crippen LogP contribution in [-0.4, -0.2) is 15.9 Å². The molecule has 0 unspecified atom stereocenters. The normalized spacial score (nSPS) is 10.8. The predicted molar refractivity (Wildman–Crippen MR) is 103 cm³/mol. The van der Waals surface area contributed by atoms with E-state index in [4.69, 9.17) is 4.74 Å². The molecule has 2 aromatic carbocycles. The zero-order chi connectivity index (χ0) is 17.9. The summed E-state index contributed by atoms with van der Waals surface area (Å²) < 4.78 is 5.50. The van der Waals surface area contributed by atoms with Crippen LogP contribution in [0.1, 0.15) is 21.7 Å². The lowest BCUT2D eigenvalue weighted by Crippen LogP contribution is -2.07. The van der Waals surface area contributed by atoms with Crippen molar-refractivity contribution in [3.05, 3.63) is 83.0 Å². The van der Waals surface area contributed by atoms with E-state index in [9.17, 15) is 4.79 Å². The number of ether oxygens (including phenoxy) is 1. The van der Waals surface area contributed by atoms with Crippen molar-refractivity contribution in [3.63, 3.8) is 0 Å². The number of thiazole rings is 1. The van der Waals surface area contributed by atoms with Crippen LogP contribution in [0.3, 0.4) is 0 Å². The van der Waals surface area contributed by atoms with Gasteiger partial charge in [0, 0.05) is 22.0 Å². The number of para-hydroxylation sites is 1. The number of esters is 1. The molecular weight excluding hydrogens is 344 g/mol. The van der Waals surface area contributed by atoms with Gasteiger partial charge in [0.25, 0.3) is 0 Å². The molecule has 0 aliphatic carbocycles. The van der Waals surface area contributed by atoms with E-state index in [2.05, 4.69) is 9.97 Å². The second-order valence-corrected chi connectivity index (χ2v) is 6.77. The Hall–Kier alpha value is -3.05. The number of nitrogens with zero attached hydrogens (tertiary/aromatic N) is 2. The van der Waals surface area contributed by atoms with Gasteiger partial charge < -0.3 is 4.74 Å². The Morgan fingerprint density at radius 1 is 1.04 bits per heavy atom. The molecule has 0 N–H and O–H groups in total. The summed E-state index contributed by atoms with van der Waals surface area (Å²) in [4.78, 5) is 21.6. The highest BCUT2D eigenvalue weighted by Crippen LogP contribution is 2.24. The number of hydrogen-bond donors (Lipinski definition) is 0. The van der Waals surface area contributed by atoms with Gasteiger partial charge in [-0.25, -0.2) is 9.78 Å². The quantitative estimate of drug-likeness (QED) is 0.479. The number of rotatable bonds is 4. The van der Waals surface area contributed by atoms with Crippen LogP contribution in [0.2, 0.25) is 0 Å². The topological polar surface area (TPSA) is 52.1 Å². The van der Waals surface area contributed by atoms with Gasteiger partial charge in [-0.05, 0) is 19.1 Å². The van der Waals surface area contributed by atoms with Crippen molar-refractivity contribution < 1.29 is 9.53 Å². The third-order valence-corrected chi connectivity index (χ3v) is 4.93. The predicted octanol–water partition coefficient (Wildman–Crippen LogP) is 5.02. The monoisotopic (exact) mass is 360 g/mol. The van der Waals surface area contributed by atoms with Gasteiger partial charge in [0.15, 0.2) is 0 Å². The van der Waals surface area contributed by atoms with Crippen LogP contribution in [-0.2, 0) is 11.3 Å². The minimum atomic E-state index is -0.360. The van der Waals surface area contributed by atoms with Crippen molar-refractivity contribution in [1.82, 2.24) is 9.97 Å². The summed E-state index contributed by atoms with van der Waals surface area (Å²) in [5.74, 6) is -0.360. The molecule has 26 heavy (non-hydrogen) atoms. The molecule has 0 aliphatic heterocycles. The van der Waals surface area contributed by atoms with Gasteiger partial charge in [-0.3, -0.25) is 4.98 Å². The summed E-state index contributed by atoms with van der Waals surface area (Å²) in [6, 6.07) is 19.3. The lowest BCUT2D eigenvalue weighted by Gasteiger charge is -2.07. The van der Waals surface area contributed by atoms with E-state index in [0.717, 1.165) is 32.9 Å². The lowest BCUT2D eigenvalue weighted by molar-refractivity contribution is 0.0470. The molecule has 0 atom stereocenters. The van der Waals surface area contributed by atoms with Crippen molar-refractivity contribution in [2.45, 2.75) is 13.5 Å². The van der Waals surface area contributed by atoms with Crippen molar-refractivity contribution in [2.75, 3.05) is 0 Å². The molecule has 0 radical (unpaired) electrons. The molecule has 2 aromatic heterocycles. The van der Waals surface area contributed by atoms with Crippen molar-refractivity contribution in [1.29, 1.82) is 0 Å². The minimum Gasteiger partial charge on any atom is -0.456 e. The van der Waals surface area contributed by atoms with E-state index in [1.807, 2.05) is 66.9 Å². The summed E-state index contributed by atoms with van der Waals surface area (Å²) in [7, 11) is 0. The Labute approximate surface area is 155 Å². The number of hydrogen-bond acceptors (Lipinski definition) is 5. The molecule has 0 bridgehead atoms. The first-order chi connectivity index (χ1) is 12.7. The summed E-state index contributed by atoms with van der Waals surface area (Å²) in [6.07, 6.45) is 0. The number of aryl methyl sites for hydroxylation is 1. The molecule has 0 fully saturated rings. The fourth-order valence-corrected chi connectivity index (χ4v) is 3.59. The molecule has 5 heteroatoms. The zero-order valence-corrected chi connectivity index (χ0v) is 15.0. The van der Waals surface area contributed by atoms with Gasteiger partial charge in [0.1, 0.15) is 11.6 Å². The molecule has 4 rings (SSSR count). The highest BCUT2D eigenvalue weighted by molar-refractivity contribution is 7.13. The van der Waals surface area contributed by atoms with Gasteiger partial charge in [0.05, 0.1) is 16.8 Å². The van der Waals surface area contributed by atoms with Crippen LogP contribution in [0, 0.1) is 6.92 Å². The van der Waals surface area contributed by atoms with Gasteiger partial charge in [0.2, 0.25) is 0 Å². The molecule has 128 valence electrons. The average molecular weight is 360 g/mol. The SMILES string of the molecule is Cc1cc(C(=O)OCc2csc(-c3ccccc3)n2)c2ccccc2n1. The van der Waals surface area contributed by atoms with E-state index in [0.29, 0.717) is 5.56 Å². The fraction of sp³-hybridized carbons (Fsp3) is 0.0952. The van der Waals surface area contributed by atoms with Gasteiger partial charge >= 0.3 is 5.97 Å². The highest BCUT2D eigenvalue weighted by atomic mass is 32.1. The minimum absolute atomic E-state index is 0.151. The van der Waals surface area contributed by atoms with Crippen LogP contribution < -0.4 is 0 Å². The van der Waals surface area contributed by atoms with Crippen molar-refractivity contribution >= 4 is 28.2 Å². The Kier molecular flexibility index (Phi) is 4.46. The standard InChI is InChI=1S/C21H16N2O2S/c1-14-11-18(17-9-5-6-10-19(17)22-14)21(24)25-12-16-13-26-20(23-16)15-7-3-2-4-8-15/h2-11,13H,12H2,1H3. The smallest absolute Gasteiger partial charge is 0.339 e. The maximum absolute atomic E-state index is 12.6. The Balaban J connectivity index is 1.52. The Morgan fingerprint density at radius 2 is 1.81 bits per heavy atom. The highest BCUT2D eigenvalue weighted by Gasteiger charge is 2.14. The second-order valence-electron chi connectivity index (χ2n) is 5.91. The summed E-state index contributed by atoms with van der Waals surface area (Å²) in [5, 5.41) is 3.64. The number of fused-ring (bicyclic) bond motifs is 1. The van der Waals surface area contributed by atoms with E-state index in [1.54, 1.807) is 17.4 Å². The van der Waals surface area contributed by atoms with E-state index < -0.39 is 0 Å². The number of carbonyl (C=O) groups excluding carboxylic acids is 1. The summed E-state index contributed by atoms with van der Waals surface area (Å²) in [5.41, 5.74) is 3.92. The van der Waals surface area contributed by atoms with Gasteiger partial charge in [-0.15, -0.1) is 11.3 Å². The van der Waals surface area contributed by atoms with E-state index in [-0.39, 0.29) is 12.6 Å². The third-order valence-electron chi connectivity index (χ3n) is 3.99.